The Morgan fingerprint density at radius 1 is 1.29 bits per heavy atom. The van der Waals surface area contributed by atoms with Crippen LogP contribution in [0.25, 0.3) is 0 Å². The first-order valence-electron chi connectivity index (χ1n) is 8.81. The lowest BCUT2D eigenvalue weighted by molar-refractivity contribution is 0.0782. The highest BCUT2D eigenvalue weighted by Gasteiger charge is 2.31. The molecule has 1 heterocycles. The number of guanidine groups is 1. The van der Waals surface area contributed by atoms with Gasteiger partial charge >= 0.3 is 0 Å². The number of aryl methyl sites for hydroxylation is 1. The van der Waals surface area contributed by atoms with E-state index in [9.17, 15) is 0 Å². The fourth-order valence-electron chi connectivity index (χ4n) is 2.97. The predicted molar refractivity (Wildman–Crippen MR) is 105 cm³/mol. The standard InChI is InChI=1S/C19H31N3OS/c1-5-16-6-8-17(9-7-16)15(2)22-18(20-3)21-14-19(24-4)10-12-23-13-11-19/h6-9,15H,5,10-14H2,1-4H3,(H2,20,21,22). The molecule has 1 aromatic rings. The lowest BCUT2D eigenvalue weighted by atomic mass is 9.99. The molecule has 1 aliphatic heterocycles. The quantitative estimate of drug-likeness (QED) is 0.610. The zero-order valence-electron chi connectivity index (χ0n) is 15.4. The van der Waals surface area contributed by atoms with Gasteiger partial charge < -0.3 is 15.4 Å². The average molecular weight is 350 g/mol. The Bertz CT molecular complexity index is 524. The Hall–Kier alpha value is -1.20. The lowest BCUT2D eigenvalue weighted by Crippen LogP contribution is -2.48. The number of nitrogens with one attached hydrogen (secondary N) is 2. The van der Waals surface area contributed by atoms with Crippen LogP contribution in [0, 0.1) is 0 Å². The minimum absolute atomic E-state index is 0.224. The summed E-state index contributed by atoms with van der Waals surface area (Å²) >= 11 is 1.94. The molecule has 0 saturated carbocycles. The third kappa shape index (κ3) is 5.15. The molecule has 4 nitrogen and oxygen atoms in total. The number of hydrogen-bond acceptors (Lipinski definition) is 3. The molecular weight excluding hydrogens is 318 g/mol. The molecule has 1 atom stereocenters. The van der Waals surface area contributed by atoms with Gasteiger partial charge in [0.2, 0.25) is 0 Å². The second kappa shape index (κ2) is 9.33. The third-order valence-corrected chi connectivity index (χ3v) is 6.30. The van der Waals surface area contributed by atoms with Gasteiger partial charge in [0.15, 0.2) is 5.96 Å². The molecular formula is C19H31N3OS. The van der Waals surface area contributed by atoms with Crippen molar-refractivity contribution >= 4 is 17.7 Å². The SMILES string of the molecule is CCc1ccc(C(C)NC(=NC)NCC2(SC)CCOCC2)cc1. The van der Waals surface area contributed by atoms with E-state index in [2.05, 4.69) is 60.0 Å². The van der Waals surface area contributed by atoms with E-state index in [1.807, 2.05) is 18.8 Å². The van der Waals surface area contributed by atoms with Gasteiger partial charge in [-0.25, -0.2) is 0 Å². The number of hydrogen-bond donors (Lipinski definition) is 2. The summed E-state index contributed by atoms with van der Waals surface area (Å²) in [7, 11) is 1.83. The molecule has 0 spiro atoms. The van der Waals surface area contributed by atoms with E-state index in [4.69, 9.17) is 4.74 Å². The van der Waals surface area contributed by atoms with Crippen LogP contribution in [0.4, 0.5) is 0 Å². The van der Waals surface area contributed by atoms with E-state index in [1.165, 1.54) is 11.1 Å². The normalized spacial score (nSPS) is 18.9. The maximum Gasteiger partial charge on any atom is 0.191 e. The zero-order valence-corrected chi connectivity index (χ0v) is 16.2. The van der Waals surface area contributed by atoms with Gasteiger partial charge in [-0.1, -0.05) is 31.2 Å². The van der Waals surface area contributed by atoms with Gasteiger partial charge in [0.05, 0.1) is 6.04 Å². The van der Waals surface area contributed by atoms with Gasteiger partial charge in [0.25, 0.3) is 0 Å². The van der Waals surface area contributed by atoms with Crippen LogP contribution in [-0.2, 0) is 11.2 Å². The Morgan fingerprint density at radius 2 is 1.96 bits per heavy atom. The zero-order chi connectivity index (χ0) is 17.4. The maximum atomic E-state index is 5.51. The first kappa shape index (κ1) is 19.1. The largest absolute Gasteiger partial charge is 0.381 e. The molecule has 2 N–H and O–H groups in total. The molecule has 0 aromatic heterocycles. The monoisotopic (exact) mass is 349 g/mol. The van der Waals surface area contributed by atoms with Crippen molar-refractivity contribution in [1.82, 2.24) is 10.6 Å². The number of thioether (sulfide) groups is 1. The predicted octanol–water partition coefficient (Wildman–Crippen LogP) is 3.39. The first-order chi connectivity index (χ1) is 11.6. The molecule has 1 fully saturated rings. The van der Waals surface area contributed by atoms with Crippen molar-refractivity contribution in [1.29, 1.82) is 0 Å². The van der Waals surface area contributed by atoms with Crippen LogP contribution in [0.5, 0.6) is 0 Å². The fraction of sp³-hybridized carbons (Fsp3) is 0.632. The molecule has 0 bridgehead atoms. The molecule has 134 valence electrons. The van der Waals surface area contributed by atoms with E-state index < -0.39 is 0 Å². The van der Waals surface area contributed by atoms with Crippen LogP contribution in [0.1, 0.15) is 43.9 Å². The Labute approximate surface area is 150 Å². The van der Waals surface area contributed by atoms with Gasteiger partial charge in [-0.15, -0.1) is 0 Å². The highest BCUT2D eigenvalue weighted by atomic mass is 32.2. The van der Waals surface area contributed by atoms with Crippen LogP contribution < -0.4 is 10.6 Å². The Balaban J connectivity index is 1.91. The number of rotatable bonds is 6. The lowest BCUT2D eigenvalue weighted by Gasteiger charge is -2.36. The number of aliphatic imine (C=N–C) groups is 1. The van der Waals surface area contributed by atoms with Gasteiger partial charge in [0, 0.05) is 31.6 Å². The summed E-state index contributed by atoms with van der Waals surface area (Å²) in [5, 5.41) is 7.02. The van der Waals surface area contributed by atoms with Crippen molar-refractivity contribution in [2.75, 3.05) is 33.1 Å². The molecule has 24 heavy (non-hydrogen) atoms. The number of benzene rings is 1. The van der Waals surface area contributed by atoms with Crippen LogP contribution >= 0.6 is 11.8 Å². The summed E-state index contributed by atoms with van der Waals surface area (Å²) in [6.07, 6.45) is 5.45. The second-order valence-corrected chi connectivity index (χ2v) is 7.66. The summed E-state index contributed by atoms with van der Waals surface area (Å²) in [6, 6.07) is 9.03. The van der Waals surface area contributed by atoms with Crippen molar-refractivity contribution in [2.45, 2.75) is 43.9 Å². The summed E-state index contributed by atoms with van der Waals surface area (Å²) in [6.45, 7) is 6.98. The average Bonchev–Trinajstić information content (AvgIpc) is 2.65. The smallest absolute Gasteiger partial charge is 0.191 e. The molecule has 1 saturated heterocycles. The van der Waals surface area contributed by atoms with Crippen molar-refractivity contribution < 1.29 is 4.74 Å². The van der Waals surface area contributed by atoms with Crippen LogP contribution in [-0.4, -0.2) is 43.8 Å². The van der Waals surface area contributed by atoms with E-state index in [-0.39, 0.29) is 10.8 Å². The van der Waals surface area contributed by atoms with Crippen LogP contribution in [0.3, 0.4) is 0 Å². The van der Waals surface area contributed by atoms with E-state index in [0.717, 1.165) is 45.0 Å². The Kier molecular flexibility index (Phi) is 7.43. The van der Waals surface area contributed by atoms with Crippen molar-refractivity contribution in [2.24, 2.45) is 4.99 Å². The molecule has 2 rings (SSSR count). The highest BCUT2D eigenvalue weighted by molar-refractivity contribution is 8.00. The van der Waals surface area contributed by atoms with Crippen molar-refractivity contribution in [3.63, 3.8) is 0 Å². The van der Waals surface area contributed by atoms with Gasteiger partial charge in [-0.3, -0.25) is 4.99 Å². The fourth-order valence-corrected chi connectivity index (χ4v) is 3.76. The number of nitrogens with zero attached hydrogens (tertiary/aromatic N) is 1. The van der Waals surface area contributed by atoms with E-state index in [0.29, 0.717) is 0 Å². The van der Waals surface area contributed by atoms with E-state index >= 15 is 0 Å². The molecule has 1 unspecified atom stereocenters. The molecule has 1 aromatic carbocycles. The molecule has 0 radical (unpaired) electrons. The minimum atomic E-state index is 0.224. The van der Waals surface area contributed by atoms with Gasteiger partial charge in [0.1, 0.15) is 0 Å². The van der Waals surface area contributed by atoms with Crippen LogP contribution in [0.2, 0.25) is 0 Å². The van der Waals surface area contributed by atoms with Crippen molar-refractivity contribution in [3.05, 3.63) is 35.4 Å². The molecule has 5 heteroatoms. The molecule has 0 amide bonds. The summed E-state index contributed by atoms with van der Waals surface area (Å²) in [5.74, 6) is 0.863. The number of ether oxygens (including phenoxy) is 1. The summed E-state index contributed by atoms with van der Waals surface area (Å²) in [5.41, 5.74) is 2.65. The van der Waals surface area contributed by atoms with Crippen molar-refractivity contribution in [3.8, 4) is 0 Å². The van der Waals surface area contributed by atoms with Gasteiger partial charge in [-0.05, 0) is 43.6 Å². The first-order valence-corrected chi connectivity index (χ1v) is 10.0. The van der Waals surface area contributed by atoms with E-state index in [1.54, 1.807) is 0 Å². The summed E-state index contributed by atoms with van der Waals surface area (Å²) < 4.78 is 5.77. The minimum Gasteiger partial charge on any atom is -0.381 e. The summed E-state index contributed by atoms with van der Waals surface area (Å²) in [4.78, 5) is 4.39. The molecule has 0 aliphatic carbocycles. The highest BCUT2D eigenvalue weighted by Crippen LogP contribution is 2.32. The van der Waals surface area contributed by atoms with Crippen LogP contribution in [0.15, 0.2) is 29.3 Å². The Morgan fingerprint density at radius 3 is 2.50 bits per heavy atom. The maximum absolute atomic E-state index is 5.51. The van der Waals surface area contributed by atoms with Gasteiger partial charge in [-0.2, -0.15) is 11.8 Å². The molecule has 1 aliphatic rings. The third-order valence-electron chi connectivity index (χ3n) is 4.88. The second-order valence-electron chi connectivity index (χ2n) is 6.39. The topological polar surface area (TPSA) is 45.7 Å².